The van der Waals surface area contributed by atoms with Crippen LogP contribution < -0.4 is 15.1 Å². The molecule has 0 aliphatic carbocycles. The number of carbonyl (C=O) groups is 2. The van der Waals surface area contributed by atoms with Crippen LogP contribution in [0, 0.1) is 0 Å². The van der Waals surface area contributed by atoms with Gasteiger partial charge in [-0.05, 0) is 17.7 Å². The standard InChI is InChI=1S/C19H25N5O3/c1-6-15(25)20-13-9-7-12(8-10-13)11-14-21-17(23(2)3)16(19(26)27)18(22-14)24(4)5/h7-10H,6,11H2,1-5H3,(H,20,25)(H,26,27). The quantitative estimate of drug-likeness (QED) is 0.770. The van der Waals surface area contributed by atoms with Gasteiger partial charge in [-0.25, -0.2) is 14.8 Å². The fourth-order valence-corrected chi connectivity index (χ4v) is 2.54. The number of anilines is 3. The molecule has 8 nitrogen and oxygen atoms in total. The molecule has 0 aliphatic heterocycles. The number of nitrogens with one attached hydrogen (secondary N) is 1. The molecule has 8 heteroatoms. The number of carboxylic acid groups (broad SMARTS) is 1. The molecule has 27 heavy (non-hydrogen) atoms. The van der Waals surface area contributed by atoms with Gasteiger partial charge in [0, 0.05) is 46.7 Å². The van der Waals surface area contributed by atoms with Crippen molar-refractivity contribution in [2.75, 3.05) is 43.3 Å². The second-order valence-electron chi connectivity index (χ2n) is 6.53. The Labute approximate surface area is 158 Å². The number of benzene rings is 1. The molecule has 0 atom stereocenters. The van der Waals surface area contributed by atoms with Gasteiger partial charge in [0.15, 0.2) is 0 Å². The van der Waals surface area contributed by atoms with E-state index in [-0.39, 0.29) is 11.5 Å². The van der Waals surface area contributed by atoms with Crippen LogP contribution in [0.15, 0.2) is 24.3 Å². The van der Waals surface area contributed by atoms with Gasteiger partial charge in [-0.3, -0.25) is 4.79 Å². The molecule has 0 bridgehead atoms. The molecular weight excluding hydrogens is 346 g/mol. The molecule has 0 unspecified atom stereocenters. The smallest absolute Gasteiger partial charge is 0.343 e. The summed E-state index contributed by atoms with van der Waals surface area (Å²) in [5, 5.41) is 12.4. The SMILES string of the molecule is CCC(=O)Nc1ccc(Cc2nc(N(C)C)c(C(=O)O)c(N(C)C)n2)cc1. The Morgan fingerprint density at radius 2 is 1.52 bits per heavy atom. The highest BCUT2D eigenvalue weighted by atomic mass is 16.4. The van der Waals surface area contributed by atoms with E-state index >= 15 is 0 Å². The summed E-state index contributed by atoms with van der Waals surface area (Å²) in [5.41, 5.74) is 1.77. The minimum absolute atomic E-state index is 0.0402. The third-order valence-corrected chi connectivity index (χ3v) is 3.90. The predicted octanol–water partition coefficient (Wildman–Crippen LogP) is 2.25. The molecular formula is C19H25N5O3. The largest absolute Gasteiger partial charge is 0.477 e. The van der Waals surface area contributed by atoms with Crippen molar-refractivity contribution in [3.8, 4) is 0 Å². The maximum Gasteiger partial charge on any atom is 0.343 e. The van der Waals surface area contributed by atoms with Gasteiger partial charge in [-0.1, -0.05) is 19.1 Å². The second kappa shape index (κ2) is 8.48. The van der Waals surface area contributed by atoms with Crippen LogP contribution >= 0.6 is 0 Å². The zero-order valence-corrected chi connectivity index (χ0v) is 16.3. The Morgan fingerprint density at radius 1 is 1.00 bits per heavy atom. The normalized spacial score (nSPS) is 10.4. The van der Waals surface area contributed by atoms with Crippen molar-refractivity contribution in [3.05, 3.63) is 41.2 Å². The Hall–Kier alpha value is -3.16. The van der Waals surface area contributed by atoms with Gasteiger partial charge in [0.2, 0.25) is 5.91 Å². The van der Waals surface area contributed by atoms with E-state index in [1.54, 1.807) is 44.9 Å². The van der Waals surface area contributed by atoms with E-state index in [0.717, 1.165) is 11.3 Å². The second-order valence-corrected chi connectivity index (χ2v) is 6.53. The zero-order valence-electron chi connectivity index (χ0n) is 16.3. The van der Waals surface area contributed by atoms with Crippen LogP contribution in [0.5, 0.6) is 0 Å². The van der Waals surface area contributed by atoms with Crippen molar-refractivity contribution in [2.24, 2.45) is 0 Å². The minimum atomic E-state index is -1.06. The number of amides is 1. The summed E-state index contributed by atoms with van der Waals surface area (Å²) in [4.78, 5) is 35.4. The molecule has 0 spiro atoms. The predicted molar refractivity (Wildman–Crippen MR) is 106 cm³/mol. The lowest BCUT2D eigenvalue weighted by Crippen LogP contribution is -2.23. The minimum Gasteiger partial charge on any atom is -0.477 e. The molecule has 1 heterocycles. The first-order chi connectivity index (χ1) is 12.7. The summed E-state index contributed by atoms with van der Waals surface area (Å²) >= 11 is 0. The van der Waals surface area contributed by atoms with E-state index in [1.807, 2.05) is 24.3 Å². The molecule has 1 aromatic carbocycles. The van der Waals surface area contributed by atoms with Crippen molar-refractivity contribution >= 4 is 29.2 Å². The first-order valence-corrected chi connectivity index (χ1v) is 8.60. The van der Waals surface area contributed by atoms with Crippen LogP contribution in [0.3, 0.4) is 0 Å². The van der Waals surface area contributed by atoms with Crippen molar-refractivity contribution in [1.82, 2.24) is 9.97 Å². The molecule has 144 valence electrons. The molecule has 2 aromatic rings. The number of rotatable bonds is 7. The van der Waals surface area contributed by atoms with Crippen molar-refractivity contribution in [3.63, 3.8) is 0 Å². The molecule has 1 aromatic heterocycles. The maximum atomic E-state index is 11.7. The van der Waals surface area contributed by atoms with Crippen molar-refractivity contribution < 1.29 is 14.7 Å². The summed E-state index contributed by atoms with van der Waals surface area (Å²) in [7, 11) is 7.01. The Balaban J connectivity index is 2.36. The third kappa shape index (κ3) is 4.93. The lowest BCUT2D eigenvalue weighted by atomic mass is 10.1. The van der Waals surface area contributed by atoms with Gasteiger partial charge in [0.1, 0.15) is 23.0 Å². The summed E-state index contributed by atoms with van der Waals surface area (Å²) in [6, 6.07) is 7.44. The average molecular weight is 371 g/mol. The lowest BCUT2D eigenvalue weighted by Gasteiger charge is -2.21. The molecule has 0 saturated carbocycles. The monoisotopic (exact) mass is 371 g/mol. The van der Waals surface area contributed by atoms with E-state index in [1.165, 1.54) is 0 Å². The first kappa shape index (κ1) is 20.2. The summed E-state index contributed by atoms with van der Waals surface area (Å²) in [5.74, 6) is 0.148. The molecule has 0 aliphatic rings. The van der Waals surface area contributed by atoms with E-state index in [4.69, 9.17) is 0 Å². The number of aromatic carboxylic acids is 1. The number of nitrogens with zero attached hydrogens (tertiary/aromatic N) is 4. The number of hydrogen-bond donors (Lipinski definition) is 2. The van der Waals surface area contributed by atoms with Gasteiger partial charge < -0.3 is 20.2 Å². The van der Waals surface area contributed by atoms with Gasteiger partial charge in [0.25, 0.3) is 0 Å². The third-order valence-electron chi connectivity index (χ3n) is 3.90. The van der Waals surface area contributed by atoms with Crippen LogP contribution in [0.2, 0.25) is 0 Å². The van der Waals surface area contributed by atoms with Crippen LogP contribution in [0.25, 0.3) is 0 Å². The van der Waals surface area contributed by atoms with E-state index in [9.17, 15) is 14.7 Å². The first-order valence-electron chi connectivity index (χ1n) is 8.60. The molecule has 0 radical (unpaired) electrons. The topological polar surface area (TPSA) is 98.7 Å². The maximum absolute atomic E-state index is 11.7. The highest BCUT2D eigenvalue weighted by Crippen LogP contribution is 2.26. The summed E-state index contributed by atoms with van der Waals surface area (Å²) in [6.07, 6.45) is 0.871. The molecule has 2 N–H and O–H groups in total. The number of hydrogen-bond acceptors (Lipinski definition) is 6. The number of carbonyl (C=O) groups excluding carboxylic acids is 1. The highest BCUT2D eigenvalue weighted by Gasteiger charge is 2.23. The van der Waals surface area contributed by atoms with E-state index < -0.39 is 5.97 Å². The fourth-order valence-electron chi connectivity index (χ4n) is 2.54. The summed E-state index contributed by atoms with van der Waals surface area (Å²) < 4.78 is 0. The van der Waals surface area contributed by atoms with Crippen LogP contribution in [0.4, 0.5) is 17.3 Å². The molecule has 0 fully saturated rings. The van der Waals surface area contributed by atoms with E-state index in [0.29, 0.717) is 30.3 Å². The Morgan fingerprint density at radius 3 is 1.93 bits per heavy atom. The Kier molecular flexibility index (Phi) is 6.33. The Bertz CT molecular complexity index is 803. The van der Waals surface area contributed by atoms with Crippen LogP contribution in [-0.2, 0) is 11.2 Å². The lowest BCUT2D eigenvalue weighted by molar-refractivity contribution is -0.115. The van der Waals surface area contributed by atoms with Crippen molar-refractivity contribution in [1.29, 1.82) is 0 Å². The van der Waals surface area contributed by atoms with Gasteiger partial charge in [-0.15, -0.1) is 0 Å². The molecule has 1 amide bonds. The van der Waals surface area contributed by atoms with Gasteiger partial charge in [0.05, 0.1) is 0 Å². The zero-order chi connectivity index (χ0) is 20.1. The summed E-state index contributed by atoms with van der Waals surface area (Å²) in [6.45, 7) is 1.80. The van der Waals surface area contributed by atoms with Gasteiger partial charge >= 0.3 is 5.97 Å². The fraction of sp³-hybridized carbons (Fsp3) is 0.368. The van der Waals surface area contributed by atoms with E-state index in [2.05, 4.69) is 15.3 Å². The number of aromatic nitrogens is 2. The van der Waals surface area contributed by atoms with Crippen LogP contribution in [-0.4, -0.2) is 55.1 Å². The van der Waals surface area contributed by atoms with Crippen LogP contribution in [0.1, 0.15) is 35.1 Å². The van der Waals surface area contributed by atoms with Gasteiger partial charge in [-0.2, -0.15) is 0 Å². The molecule has 2 rings (SSSR count). The highest BCUT2D eigenvalue weighted by molar-refractivity contribution is 5.98. The average Bonchev–Trinajstić information content (AvgIpc) is 2.62. The number of carboxylic acids is 1. The van der Waals surface area contributed by atoms with Crippen molar-refractivity contribution in [2.45, 2.75) is 19.8 Å². The molecule has 0 saturated heterocycles.